The summed E-state index contributed by atoms with van der Waals surface area (Å²) in [6.07, 6.45) is 0. The Morgan fingerprint density at radius 2 is 1.48 bits per heavy atom. The smallest absolute Gasteiger partial charge is 0.256 e. The number of rotatable bonds is 5. The molecule has 0 aliphatic rings. The molecule has 1 N–H and O–H groups in total. The van der Waals surface area contributed by atoms with Crippen LogP contribution in [0.1, 0.15) is 21.5 Å². The van der Waals surface area contributed by atoms with Crippen LogP contribution in [0.5, 0.6) is 5.75 Å². The molecule has 0 saturated heterocycles. The Hall–Kier alpha value is -3.86. The number of ether oxygens (including phenoxy) is 1. The van der Waals surface area contributed by atoms with E-state index in [1.807, 2.05) is 13.1 Å². The van der Waals surface area contributed by atoms with Crippen LogP contribution in [0.15, 0.2) is 72.8 Å². The third-order valence-corrected chi connectivity index (χ3v) is 5.49. The van der Waals surface area contributed by atoms with E-state index in [0.717, 1.165) is 16.8 Å². The van der Waals surface area contributed by atoms with E-state index in [9.17, 15) is 4.79 Å². The lowest BCUT2D eigenvalue weighted by molar-refractivity contribution is 0.102. The minimum atomic E-state index is -0.192. The molecule has 0 saturated carbocycles. The Morgan fingerprint density at radius 1 is 0.839 bits per heavy atom. The topological polar surface area (TPSA) is 56.1 Å². The van der Waals surface area contributed by atoms with Crippen LogP contribution >= 0.6 is 0 Å². The highest BCUT2D eigenvalue weighted by molar-refractivity contribution is 6.04. The van der Waals surface area contributed by atoms with Crippen molar-refractivity contribution in [2.45, 2.75) is 13.8 Å². The van der Waals surface area contributed by atoms with E-state index >= 15 is 0 Å². The molecule has 4 aromatic rings. The largest absolute Gasteiger partial charge is 0.497 e. The number of carbonyl (C=O) groups is 1. The predicted octanol–water partition coefficient (Wildman–Crippen LogP) is 5.63. The van der Waals surface area contributed by atoms with Gasteiger partial charge in [0.05, 0.1) is 12.8 Å². The molecule has 1 amide bonds. The number of carbonyl (C=O) groups excluding carboxylic acids is 1. The van der Waals surface area contributed by atoms with Crippen LogP contribution < -0.4 is 10.1 Å². The quantitative estimate of drug-likeness (QED) is 0.463. The van der Waals surface area contributed by atoms with Gasteiger partial charge in [0.15, 0.2) is 0 Å². The SMILES string of the molecule is COc1ccc(C(=O)Nc2cc(-c3ccc(-c4ccc(C)c(C)c4)cc3)nn2C)cc1. The summed E-state index contributed by atoms with van der Waals surface area (Å²) in [7, 11) is 3.41. The van der Waals surface area contributed by atoms with Crippen molar-refractivity contribution in [3.05, 3.63) is 89.5 Å². The molecular formula is C26H25N3O2. The fraction of sp³-hybridized carbons (Fsp3) is 0.154. The standard InChI is InChI=1S/C26H25N3O2/c1-17-5-6-22(15-18(17)2)19-7-9-20(10-8-19)24-16-25(29(3)28-24)27-26(30)21-11-13-23(31-4)14-12-21/h5-16H,1-4H3,(H,27,30). The first-order valence-electron chi connectivity index (χ1n) is 10.1. The van der Waals surface area contributed by atoms with E-state index in [4.69, 9.17) is 4.74 Å². The number of aromatic nitrogens is 2. The molecule has 0 bridgehead atoms. The van der Waals surface area contributed by atoms with Crippen LogP contribution in [-0.4, -0.2) is 22.8 Å². The van der Waals surface area contributed by atoms with Gasteiger partial charge in [-0.2, -0.15) is 5.10 Å². The molecule has 3 aromatic carbocycles. The van der Waals surface area contributed by atoms with Crippen LogP contribution in [-0.2, 0) is 7.05 Å². The number of hydrogen-bond donors (Lipinski definition) is 1. The predicted molar refractivity (Wildman–Crippen MR) is 125 cm³/mol. The molecule has 0 spiro atoms. The fourth-order valence-corrected chi connectivity index (χ4v) is 3.41. The first kappa shape index (κ1) is 20.4. The minimum absolute atomic E-state index is 0.192. The van der Waals surface area contributed by atoms with Gasteiger partial charge < -0.3 is 10.1 Å². The zero-order chi connectivity index (χ0) is 22.0. The summed E-state index contributed by atoms with van der Waals surface area (Å²) < 4.78 is 6.81. The molecule has 0 atom stereocenters. The number of benzene rings is 3. The van der Waals surface area contributed by atoms with Gasteiger partial charge in [-0.1, -0.05) is 42.5 Å². The molecule has 156 valence electrons. The van der Waals surface area contributed by atoms with Crippen LogP contribution in [0, 0.1) is 13.8 Å². The van der Waals surface area contributed by atoms with Gasteiger partial charge in [0.25, 0.3) is 5.91 Å². The van der Waals surface area contributed by atoms with Gasteiger partial charge in [-0.05, 0) is 60.4 Å². The number of nitrogens with zero attached hydrogens (tertiary/aromatic N) is 2. The molecule has 0 aliphatic carbocycles. The first-order valence-corrected chi connectivity index (χ1v) is 10.1. The lowest BCUT2D eigenvalue weighted by atomic mass is 9.99. The second-order valence-electron chi connectivity index (χ2n) is 7.60. The molecule has 0 fully saturated rings. The van der Waals surface area contributed by atoms with E-state index in [1.165, 1.54) is 16.7 Å². The molecule has 5 nitrogen and oxygen atoms in total. The van der Waals surface area contributed by atoms with Crippen molar-refractivity contribution in [2.24, 2.45) is 7.05 Å². The highest BCUT2D eigenvalue weighted by Crippen LogP contribution is 2.27. The molecule has 31 heavy (non-hydrogen) atoms. The van der Waals surface area contributed by atoms with Gasteiger partial charge >= 0.3 is 0 Å². The van der Waals surface area contributed by atoms with E-state index in [0.29, 0.717) is 17.1 Å². The Morgan fingerprint density at radius 3 is 2.13 bits per heavy atom. The Bertz CT molecular complexity index is 1220. The second kappa shape index (κ2) is 8.48. The van der Waals surface area contributed by atoms with Gasteiger partial charge in [-0.3, -0.25) is 9.48 Å². The minimum Gasteiger partial charge on any atom is -0.497 e. The summed E-state index contributed by atoms with van der Waals surface area (Å²) in [4.78, 5) is 12.6. The Labute approximate surface area is 182 Å². The average molecular weight is 412 g/mol. The van der Waals surface area contributed by atoms with Crippen LogP contribution in [0.2, 0.25) is 0 Å². The summed E-state index contributed by atoms with van der Waals surface area (Å²) in [5.41, 5.74) is 7.29. The zero-order valence-corrected chi connectivity index (χ0v) is 18.1. The van der Waals surface area contributed by atoms with Crippen molar-refractivity contribution in [3.8, 4) is 28.1 Å². The Kier molecular flexibility index (Phi) is 5.58. The third kappa shape index (κ3) is 4.36. The zero-order valence-electron chi connectivity index (χ0n) is 18.1. The molecule has 0 aliphatic heterocycles. The number of anilines is 1. The maximum atomic E-state index is 12.6. The summed E-state index contributed by atoms with van der Waals surface area (Å²) in [5, 5.41) is 7.49. The maximum absolute atomic E-state index is 12.6. The van der Waals surface area contributed by atoms with Crippen LogP contribution in [0.4, 0.5) is 5.82 Å². The maximum Gasteiger partial charge on any atom is 0.256 e. The number of methoxy groups -OCH3 is 1. The summed E-state index contributed by atoms with van der Waals surface area (Å²) in [6, 6.07) is 23.7. The first-order chi connectivity index (χ1) is 14.9. The number of amides is 1. The van der Waals surface area contributed by atoms with Crippen LogP contribution in [0.25, 0.3) is 22.4 Å². The molecule has 1 heterocycles. The Balaban J connectivity index is 1.52. The van der Waals surface area contributed by atoms with Crippen molar-refractivity contribution < 1.29 is 9.53 Å². The lowest BCUT2D eigenvalue weighted by Crippen LogP contribution is -2.14. The van der Waals surface area contributed by atoms with Gasteiger partial charge in [-0.15, -0.1) is 0 Å². The van der Waals surface area contributed by atoms with E-state index < -0.39 is 0 Å². The van der Waals surface area contributed by atoms with Crippen molar-refractivity contribution in [3.63, 3.8) is 0 Å². The van der Waals surface area contributed by atoms with E-state index in [1.54, 1.807) is 36.1 Å². The summed E-state index contributed by atoms with van der Waals surface area (Å²) >= 11 is 0. The highest BCUT2D eigenvalue weighted by atomic mass is 16.5. The average Bonchev–Trinajstić information content (AvgIpc) is 3.16. The molecule has 1 aromatic heterocycles. The molecule has 0 radical (unpaired) electrons. The fourth-order valence-electron chi connectivity index (χ4n) is 3.41. The number of hydrogen-bond acceptors (Lipinski definition) is 3. The van der Waals surface area contributed by atoms with E-state index in [-0.39, 0.29) is 5.91 Å². The highest BCUT2D eigenvalue weighted by Gasteiger charge is 2.12. The molecular weight excluding hydrogens is 386 g/mol. The lowest BCUT2D eigenvalue weighted by Gasteiger charge is -2.06. The third-order valence-electron chi connectivity index (χ3n) is 5.49. The molecule has 0 unspecified atom stereocenters. The van der Waals surface area contributed by atoms with Crippen molar-refractivity contribution in [1.82, 2.24) is 9.78 Å². The monoisotopic (exact) mass is 411 g/mol. The van der Waals surface area contributed by atoms with Gasteiger partial charge in [0.1, 0.15) is 11.6 Å². The van der Waals surface area contributed by atoms with E-state index in [2.05, 4.69) is 66.7 Å². The summed E-state index contributed by atoms with van der Waals surface area (Å²) in [6.45, 7) is 4.25. The van der Waals surface area contributed by atoms with Crippen molar-refractivity contribution >= 4 is 11.7 Å². The van der Waals surface area contributed by atoms with Gasteiger partial charge in [0, 0.05) is 24.2 Å². The van der Waals surface area contributed by atoms with Crippen LogP contribution in [0.3, 0.4) is 0 Å². The molecule has 4 rings (SSSR count). The summed E-state index contributed by atoms with van der Waals surface area (Å²) in [5.74, 6) is 1.15. The van der Waals surface area contributed by atoms with Crippen molar-refractivity contribution in [1.29, 1.82) is 0 Å². The molecule has 5 heteroatoms. The van der Waals surface area contributed by atoms with Crippen molar-refractivity contribution in [2.75, 3.05) is 12.4 Å². The number of aryl methyl sites for hydroxylation is 3. The number of nitrogens with one attached hydrogen (secondary N) is 1. The second-order valence-corrected chi connectivity index (χ2v) is 7.60. The van der Waals surface area contributed by atoms with Gasteiger partial charge in [0.2, 0.25) is 0 Å². The normalized spacial score (nSPS) is 10.7. The van der Waals surface area contributed by atoms with Gasteiger partial charge in [-0.25, -0.2) is 0 Å².